The van der Waals surface area contributed by atoms with Crippen LogP contribution in [-0.2, 0) is 4.74 Å². The summed E-state index contributed by atoms with van der Waals surface area (Å²) in [5.74, 6) is 0. The molecule has 1 aliphatic rings. The van der Waals surface area contributed by atoms with Gasteiger partial charge in [-0.05, 0) is 13.8 Å². The largest absolute Gasteiger partial charge is 0.379 e. The van der Waals surface area contributed by atoms with Crippen molar-refractivity contribution in [2.45, 2.75) is 19.4 Å². The molecule has 1 aliphatic heterocycles. The average Bonchev–Trinajstić information content (AvgIpc) is 2.06. The first-order valence-electron chi connectivity index (χ1n) is 4.35. The molecule has 2 N–H and O–H groups in total. The minimum atomic E-state index is -0.225. The summed E-state index contributed by atoms with van der Waals surface area (Å²) in [6.07, 6.45) is 0. The Labute approximate surface area is 74.9 Å². The van der Waals surface area contributed by atoms with Crippen LogP contribution in [0.25, 0.3) is 0 Å². The first-order valence-corrected chi connectivity index (χ1v) is 4.35. The number of nitrogens with one attached hydrogen (secondary N) is 1. The standard InChI is InChI=1S/C8H18N2O2.H2/c1-8(2,9-11)7-10-3-5-12-6-4-10;/h9,11H,3-7H2,1-2H3;1H. The molecule has 0 saturated carbocycles. The monoisotopic (exact) mass is 176 g/mol. The minimum absolute atomic E-state index is 0. The molecule has 0 spiro atoms. The maximum atomic E-state index is 8.82. The topological polar surface area (TPSA) is 44.7 Å². The summed E-state index contributed by atoms with van der Waals surface area (Å²) < 4.78 is 5.22. The third kappa shape index (κ3) is 3.06. The Hall–Kier alpha value is -0.160. The van der Waals surface area contributed by atoms with Gasteiger partial charge in [0.05, 0.1) is 18.8 Å². The zero-order valence-electron chi connectivity index (χ0n) is 7.84. The van der Waals surface area contributed by atoms with E-state index < -0.39 is 0 Å². The van der Waals surface area contributed by atoms with Crippen LogP contribution in [0.3, 0.4) is 0 Å². The van der Waals surface area contributed by atoms with Crippen molar-refractivity contribution in [1.82, 2.24) is 10.4 Å². The van der Waals surface area contributed by atoms with Crippen LogP contribution in [0.4, 0.5) is 0 Å². The van der Waals surface area contributed by atoms with Crippen molar-refractivity contribution in [1.29, 1.82) is 0 Å². The zero-order valence-corrected chi connectivity index (χ0v) is 7.84. The molecule has 0 radical (unpaired) electrons. The van der Waals surface area contributed by atoms with Gasteiger partial charge in [0.2, 0.25) is 0 Å². The molecule has 0 unspecified atom stereocenters. The Bertz CT molecular complexity index is 138. The minimum Gasteiger partial charge on any atom is -0.379 e. The lowest BCUT2D eigenvalue weighted by molar-refractivity contribution is 0.00335. The Kier molecular flexibility index (Phi) is 3.46. The summed E-state index contributed by atoms with van der Waals surface area (Å²) in [5, 5.41) is 8.82. The summed E-state index contributed by atoms with van der Waals surface area (Å²) in [6, 6.07) is 0. The summed E-state index contributed by atoms with van der Waals surface area (Å²) in [7, 11) is 0. The second kappa shape index (κ2) is 4.18. The second-order valence-corrected chi connectivity index (χ2v) is 3.88. The van der Waals surface area contributed by atoms with Crippen LogP contribution in [0.5, 0.6) is 0 Å². The van der Waals surface area contributed by atoms with E-state index in [9.17, 15) is 0 Å². The second-order valence-electron chi connectivity index (χ2n) is 3.88. The van der Waals surface area contributed by atoms with E-state index in [0.717, 1.165) is 32.8 Å². The van der Waals surface area contributed by atoms with Crippen LogP contribution in [0.15, 0.2) is 0 Å². The molecule has 12 heavy (non-hydrogen) atoms. The van der Waals surface area contributed by atoms with Crippen molar-refractivity contribution in [3.05, 3.63) is 0 Å². The molecular formula is C8H20N2O2. The maximum absolute atomic E-state index is 8.82. The molecule has 0 atom stereocenters. The number of hydroxylamine groups is 1. The number of nitrogens with zero attached hydrogens (tertiary/aromatic N) is 1. The van der Waals surface area contributed by atoms with E-state index in [1.165, 1.54) is 0 Å². The van der Waals surface area contributed by atoms with Gasteiger partial charge in [-0.25, -0.2) is 0 Å². The van der Waals surface area contributed by atoms with Crippen molar-refractivity contribution >= 4 is 0 Å². The van der Waals surface area contributed by atoms with Crippen LogP contribution < -0.4 is 5.48 Å². The SMILES string of the molecule is CC(C)(CN1CCOCC1)NO.[HH]. The number of hydrogen-bond acceptors (Lipinski definition) is 4. The molecule has 0 aromatic rings. The highest BCUT2D eigenvalue weighted by Crippen LogP contribution is 2.06. The average molecular weight is 176 g/mol. The lowest BCUT2D eigenvalue weighted by Crippen LogP contribution is -2.50. The molecule has 0 bridgehead atoms. The van der Waals surface area contributed by atoms with Gasteiger partial charge in [0, 0.05) is 21.1 Å². The van der Waals surface area contributed by atoms with Gasteiger partial charge in [0.15, 0.2) is 0 Å². The summed E-state index contributed by atoms with van der Waals surface area (Å²) >= 11 is 0. The molecule has 1 fully saturated rings. The molecule has 0 amide bonds. The van der Waals surface area contributed by atoms with Gasteiger partial charge < -0.3 is 9.94 Å². The fourth-order valence-corrected chi connectivity index (χ4v) is 1.35. The third-order valence-corrected chi connectivity index (χ3v) is 2.03. The first kappa shape index (κ1) is 9.92. The number of ether oxygens (including phenoxy) is 1. The van der Waals surface area contributed by atoms with E-state index >= 15 is 0 Å². The van der Waals surface area contributed by atoms with Gasteiger partial charge in [0.1, 0.15) is 0 Å². The van der Waals surface area contributed by atoms with Gasteiger partial charge in [-0.15, -0.1) is 0 Å². The Morgan fingerprint density at radius 1 is 1.50 bits per heavy atom. The van der Waals surface area contributed by atoms with Crippen LogP contribution in [0.1, 0.15) is 15.3 Å². The fraction of sp³-hybridized carbons (Fsp3) is 1.00. The highest BCUT2D eigenvalue weighted by Gasteiger charge is 2.21. The first-order chi connectivity index (χ1) is 5.64. The fourth-order valence-electron chi connectivity index (χ4n) is 1.35. The number of morpholine rings is 1. The predicted octanol–water partition coefficient (Wildman–Crippen LogP) is 0.322. The van der Waals surface area contributed by atoms with Crippen molar-refractivity contribution in [2.24, 2.45) is 0 Å². The van der Waals surface area contributed by atoms with Gasteiger partial charge >= 0.3 is 0 Å². The Morgan fingerprint density at radius 2 is 2.08 bits per heavy atom. The van der Waals surface area contributed by atoms with Crippen molar-refractivity contribution < 1.29 is 11.4 Å². The maximum Gasteiger partial charge on any atom is 0.0594 e. The van der Waals surface area contributed by atoms with Crippen LogP contribution in [-0.4, -0.2) is 48.5 Å². The summed E-state index contributed by atoms with van der Waals surface area (Å²) in [4.78, 5) is 2.28. The quantitative estimate of drug-likeness (QED) is 0.608. The molecule has 0 aromatic heterocycles. The van der Waals surface area contributed by atoms with E-state index in [-0.39, 0.29) is 6.97 Å². The van der Waals surface area contributed by atoms with E-state index in [2.05, 4.69) is 10.4 Å². The highest BCUT2D eigenvalue weighted by molar-refractivity contribution is 4.79. The number of rotatable bonds is 3. The number of hydrogen-bond donors (Lipinski definition) is 2. The molecule has 0 aromatic carbocycles. The van der Waals surface area contributed by atoms with Gasteiger partial charge in [-0.3, -0.25) is 4.90 Å². The molecule has 4 nitrogen and oxygen atoms in total. The molecular weight excluding hydrogens is 156 g/mol. The van der Waals surface area contributed by atoms with Gasteiger partial charge in [0.25, 0.3) is 0 Å². The van der Waals surface area contributed by atoms with E-state index in [0.29, 0.717) is 0 Å². The van der Waals surface area contributed by atoms with Crippen LogP contribution in [0, 0.1) is 0 Å². The molecule has 0 aliphatic carbocycles. The lowest BCUT2D eigenvalue weighted by Gasteiger charge is -2.33. The summed E-state index contributed by atoms with van der Waals surface area (Å²) in [5.41, 5.74) is 2.08. The Balaban J connectivity index is 0.00000144. The highest BCUT2D eigenvalue weighted by atomic mass is 16.5. The molecule has 74 valence electrons. The van der Waals surface area contributed by atoms with E-state index in [1.807, 2.05) is 13.8 Å². The Morgan fingerprint density at radius 3 is 2.58 bits per heavy atom. The van der Waals surface area contributed by atoms with Crippen molar-refractivity contribution in [3.63, 3.8) is 0 Å². The normalized spacial score (nSPS) is 21.2. The van der Waals surface area contributed by atoms with Crippen LogP contribution >= 0.6 is 0 Å². The predicted molar refractivity (Wildman–Crippen MR) is 48.4 cm³/mol. The van der Waals surface area contributed by atoms with Gasteiger partial charge in [-0.2, -0.15) is 5.48 Å². The van der Waals surface area contributed by atoms with Crippen LogP contribution in [0.2, 0.25) is 0 Å². The lowest BCUT2D eigenvalue weighted by atomic mass is 10.1. The molecule has 4 heteroatoms. The third-order valence-electron chi connectivity index (χ3n) is 2.03. The van der Waals surface area contributed by atoms with Crippen molar-refractivity contribution in [3.8, 4) is 0 Å². The summed E-state index contributed by atoms with van der Waals surface area (Å²) in [6.45, 7) is 8.34. The molecule has 1 heterocycles. The van der Waals surface area contributed by atoms with E-state index in [1.54, 1.807) is 0 Å². The molecule has 1 rings (SSSR count). The van der Waals surface area contributed by atoms with Crippen molar-refractivity contribution in [2.75, 3.05) is 32.8 Å². The van der Waals surface area contributed by atoms with E-state index in [4.69, 9.17) is 9.94 Å². The van der Waals surface area contributed by atoms with Gasteiger partial charge in [-0.1, -0.05) is 0 Å². The zero-order chi connectivity index (χ0) is 9.03. The molecule has 1 saturated heterocycles. The smallest absolute Gasteiger partial charge is 0.0594 e.